The highest BCUT2D eigenvalue weighted by molar-refractivity contribution is 7.15. The van der Waals surface area contributed by atoms with Gasteiger partial charge in [0.2, 0.25) is 0 Å². The van der Waals surface area contributed by atoms with Gasteiger partial charge in [-0.3, -0.25) is 4.40 Å². The number of rotatable bonds is 3. The zero-order valence-corrected chi connectivity index (χ0v) is 11.3. The highest BCUT2D eigenvalue weighted by atomic mass is 32.1. The summed E-state index contributed by atoms with van der Waals surface area (Å²) in [6.07, 6.45) is 3.73. The van der Waals surface area contributed by atoms with E-state index >= 15 is 0 Å². The van der Waals surface area contributed by atoms with Crippen LogP contribution < -0.4 is 11.5 Å². The Balaban J connectivity index is 1.71. The van der Waals surface area contributed by atoms with E-state index in [2.05, 4.69) is 4.98 Å². The predicted molar refractivity (Wildman–Crippen MR) is 77.5 cm³/mol. The lowest BCUT2D eigenvalue weighted by Gasteiger charge is -2.05. The minimum Gasteiger partial charge on any atom is -0.456 e. The van der Waals surface area contributed by atoms with Crippen molar-refractivity contribution >= 4 is 33.6 Å². The van der Waals surface area contributed by atoms with Crippen LogP contribution in [0.5, 0.6) is 0 Å². The molecule has 4 N–H and O–H groups in total. The van der Waals surface area contributed by atoms with Crippen molar-refractivity contribution < 1.29 is 9.53 Å². The van der Waals surface area contributed by atoms with Gasteiger partial charge in [0.25, 0.3) is 0 Å². The molecule has 0 saturated heterocycles. The summed E-state index contributed by atoms with van der Waals surface area (Å²) in [6, 6.07) is 4.65. The molecule has 0 amide bonds. The Morgan fingerprint density at radius 2 is 2.05 bits per heavy atom. The highest BCUT2D eigenvalue weighted by Crippen LogP contribution is 2.16. The SMILES string of the molecule is Nc1cc(N)cc(C(=O)OCc2cn3ccsc3n2)c1. The van der Waals surface area contributed by atoms with E-state index in [0.717, 1.165) is 4.96 Å². The van der Waals surface area contributed by atoms with Crippen LogP contribution in [0.1, 0.15) is 16.1 Å². The molecule has 2 aromatic heterocycles. The van der Waals surface area contributed by atoms with E-state index in [1.54, 1.807) is 6.07 Å². The molecule has 6 nitrogen and oxygen atoms in total. The quantitative estimate of drug-likeness (QED) is 0.567. The van der Waals surface area contributed by atoms with Crippen LogP contribution in [0.4, 0.5) is 11.4 Å². The van der Waals surface area contributed by atoms with Gasteiger partial charge in [0.15, 0.2) is 4.96 Å². The number of fused-ring (bicyclic) bond motifs is 1. The fraction of sp³-hybridized carbons (Fsp3) is 0.0769. The fourth-order valence-electron chi connectivity index (χ4n) is 1.86. The number of imidazole rings is 1. The number of carbonyl (C=O) groups is 1. The Morgan fingerprint density at radius 3 is 2.75 bits per heavy atom. The molecule has 2 heterocycles. The molecule has 102 valence electrons. The first-order chi connectivity index (χ1) is 9.61. The number of hydrogen-bond acceptors (Lipinski definition) is 6. The summed E-state index contributed by atoms with van der Waals surface area (Å²) in [5.41, 5.74) is 13.2. The van der Waals surface area contributed by atoms with E-state index in [0.29, 0.717) is 22.6 Å². The van der Waals surface area contributed by atoms with E-state index in [1.165, 1.54) is 23.5 Å². The summed E-state index contributed by atoms with van der Waals surface area (Å²) in [4.78, 5) is 17.1. The zero-order chi connectivity index (χ0) is 14.1. The molecule has 0 fully saturated rings. The fourth-order valence-corrected chi connectivity index (χ4v) is 2.58. The summed E-state index contributed by atoms with van der Waals surface area (Å²) in [7, 11) is 0. The number of aromatic nitrogens is 2. The molecule has 0 aliphatic rings. The van der Waals surface area contributed by atoms with Gasteiger partial charge in [0.1, 0.15) is 6.61 Å². The molecule has 7 heteroatoms. The standard InChI is InChI=1S/C13H12N4O2S/c14-9-3-8(4-10(15)5-9)12(18)19-7-11-6-17-1-2-20-13(17)16-11/h1-6H,7,14-15H2. The Bertz CT molecular complexity index is 729. The van der Waals surface area contributed by atoms with Crippen molar-refractivity contribution in [1.82, 2.24) is 9.38 Å². The second kappa shape index (κ2) is 4.86. The molecule has 3 rings (SSSR count). The predicted octanol–water partition coefficient (Wildman–Crippen LogP) is 1.92. The number of ether oxygens (including phenoxy) is 1. The average Bonchev–Trinajstić information content (AvgIpc) is 2.95. The zero-order valence-electron chi connectivity index (χ0n) is 10.4. The maximum atomic E-state index is 11.9. The molecule has 0 saturated carbocycles. The topological polar surface area (TPSA) is 95.6 Å². The number of thiazole rings is 1. The van der Waals surface area contributed by atoms with Crippen LogP contribution in [-0.4, -0.2) is 15.4 Å². The van der Waals surface area contributed by atoms with Gasteiger partial charge >= 0.3 is 5.97 Å². The molecule has 20 heavy (non-hydrogen) atoms. The first kappa shape index (κ1) is 12.5. The van der Waals surface area contributed by atoms with Crippen LogP contribution in [-0.2, 0) is 11.3 Å². The molecule has 0 radical (unpaired) electrons. The lowest BCUT2D eigenvalue weighted by atomic mass is 10.2. The van der Waals surface area contributed by atoms with Crippen LogP contribution in [0, 0.1) is 0 Å². The molecule has 0 atom stereocenters. The summed E-state index contributed by atoms with van der Waals surface area (Å²) < 4.78 is 7.08. The molecule has 3 aromatic rings. The number of hydrogen-bond donors (Lipinski definition) is 2. The van der Waals surface area contributed by atoms with Gasteiger partial charge in [-0.15, -0.1) is 11.3 Å². The minimum atomic E-state index is -0.472. The van der Waals surface area contributed by atoms with Crippen molar-refractivity contribution in [3.63, 3.8) is 0 Å². The van der Waals surface area contributed by atoms with Gasteiger partial charge < -0.3 is 16.2 Å². The van der Waals surface area contributed by atoms with Crippen molar-refractivity contribution in [3.05, 3.63) is 47.2 Å². The normalized spacial score (nSPS) is 10.8. The number of nitrogen functional groups attached to an aromatic ring is 2. The number of esters is 1. The third kappa shape index (κ3) is 2.43. The maximum Gasteiger partial charge on any atom is 0.338 e. The van der Waals surface area contributed by atoms with E-state index in [4.69, 9.17) is 16.2 Å². The van der Waals surface area contributed by atoms with E-state index in [9.17, 15) is 4.79 Å². The van der Waals surface area contributed by atoms with Crippen molar-refractivity contribution in [2.45, 2.75) is 6.61 Å². The maximum absolute atomic E-state index is 11.9. The second-order valence-corrected chi connectivity index (χ2v) is 5.16. The monoisotopic (exact) mass is 288 g/mol. The highest BCUT2D eigenvalue weighted by Gasteiger charge is 2.10. The molecule has 0 unspecified atom stereocenters. The van der Waals surface area contributed by atoms with Gasteiger partial charge in [0, 0.05) is 29.1 Å². The Hall–Kier alpha value is -2.54. The van der Waals surface area contributed by atoms with Crippen molar-refractivity contribution in [2.24, 2.45) is 0 Å². The van der Waals surface area contributed by atoms with Crippen LogP contribution in [0.25, 0.3) is 4.96 Å². The molecule has 0 aliphatic carbocycles. The number of benzene rings is 1. The minimum absolute atomic E-state index is 0.113. The van der Waals surface area contributed by atoms with E-state index < -0.39 is 5.97 Å². The Labute approximate surface area is 118 Å². The third-order valence-electron chi connectivity index (χ3n) is 2.71. The van der Waals surface area contributed by atoms with Gasteiger partial charge in [0.05, 0.1) is 11.3 Å². The van der Waals surface area contributed by atoms with Crippen molar-refractivity contribution in [2.75, 3.05) is 11.5 Å². The first-order valence-corrected chi connectivity index (χ1v) is 6.74. The third-order valence-corrected chi connectivity index (χ3v) is 3.48. The van der Waals surface area contributed by atoms with E-state index in [-0.39, 0.29) is 6.61 Å². The second-order valence-electron chi connectivity index (χ2n) is 4.29. The summed E-state index contributed by atoms with van der Waals surface area (Å²) in [5, 5.41) is 1.94. The number of anilines is 2. The summed E-state index contributed by atoms with van der Waals surface area (Å²) in [6.45, 7) is 0.113. The molecule has 1 aromatic carbocycles. The van der Waals surface area contributed by atoms with Gasteiger partial charge in [-0.1, -0.05) is 0 Å². The van der Waals surface area contributed by atoms with Crippen LogP contribution in [0.3, 0.4) is 0 Å². The molecular formula is C13H12N4O2S. The molecule has 0 spiro atoms. The Kier molecular flexibility index (Phi) is 3.03. The number of nitrogens with two attached hydrogens (primary N) is 2. The van der Waals surface area contributed by atoms with Crippen LogP contribution in [0.15, 0.2) is 36.0 Å². The van der Waals surface area contributed by atoms with Crippen molar-refractivity contribution in [1.29, 1.82) is 0 Å². The summed E-state index contributed by atoms with van der Waals surface area (Å²) in [5.74, 6) is -0.472. The van der Waals surface area contributed by atoms with Crippen LogP contribution in [0.2, 0.25) is 0 Å². The molecular weight excluding hydrogens is 276 g/mol. The molecule has 0 aliphatic heterocycles. The lowest BCUT2D eigenvalue weighted by molar-refractivity contribution is 0.0468. The van der Waals surface area contributed by atoms with E-state index in [1.807, 2.05) is 22.2 Å². The molecule has 0 bridgehead atoms. The Morgan fingerprint density at radius 1 is 1.30 bits per heavy atom. The smallest absolute Gasteiger partial charge is 0.338 e. The van der Waals surface area contributed by atoms with Crippen molar-refractivity contribution in [3.8, 4) is 0 Å². The number of carbonyl (C=O) groups excluding carboxylic acids is 1. The summed E-state index contributed by atoms with van der Waals surface area (Å²) >= 11 is 1.52. The van der Waals surface area contributed by atoms with Gasteiger partial charge in [-0.25, -0.2) is 9.78 Å². The van der Waals surface area contributed by atoms with Gasteiger partial charge in [-0.05, 0) is 18.2 Å². The number of nitrogens with zero attached hydrogens (tertiary/aromatic N) is 2. The largest absolute Gasteiger partial charge is 0.456 e. The average molecular weight is 288 g/mol. The van der Waals surface area contributed by atoms with Crippen LogP contribution >= 0.6 is 11.3 Å². The first-order valence-electron chi connectivity index (χ1n) is 5.86. The van der Waals surface area contributed by atoms with Gasteiger partial charge in [-0.2, -0.15) is 0 Å². The lowest BCUT2D eigenvalue weighted by Crippen LogP contribution is -2.07.